The molecule has 0 amide bonds. The number of H-pyrrole nitrogens is 1. The zero-order chi connectivity index (χ0) is 19.8. The molecule has 1 N–H and O–H groups in total. The molecule has 5 heteroatoms. The number of hydrogen-bond acceptors (Lipinski definition) is 2. The molecular weight excluding hydrogens is 382 g/mol. The molecular formula is C24H16ClN3O. The number of fused-ring (bicyclic) bond motifs is 1. The van der Waals surface area contributed by atoms with Crippen LogP contribution in [0.15, 0.2) is 95.9 Å². The molecule has 29 heavy (non-hydrogen) atoms. The first kappa shape index (κ1) is 17.5. The van der Waals surface area contributed by atoms with Crippen molar-refractivity contribution in [3.63, 3.8) is 0 Å². The van der Waals surface area contributed by atoms with Crippen molar-refractivity contribution in [2.75, 3.05) is 0 Å². The Bertz CT molecular complexity index is 1370. The van der Waals surface area contributed by atoms with Crippen LogP contribution in [-0.2, 0) is 0 Å². The minimum atomic E-state index is -0.124. The van der Waals surface area contributed by atoms with Gasteiger partial charge in [-0.25, -0.2) is 4.98 Å². The molecule has 5 rings (SSSR count). The van der Waals surface area contributed by atoms with Gasteiger partial charge in [-0.2, -0.15) is 0 Å². The highest BCUT2D eigenvalue weighted by Gasteiger charge is 2.15. The van der Waals surface area contributed by atoms with Crippen LogP contribution in [0, 0.1) is 0 Å². The molecule has 0 radical (unpaired) electrons. The summed E-state index contributed by atoms with van der Waals surface area (Å²) in [5.41, 5.74) is 4.18. The zero-order valence-electron chi connectivity index (χ0n) is 15.3. The molecule has 5 aromatic rings. The van der Waals surface area contributed by atoms with Gasteiger partial charge in [0.1, 0.15) is 5.82 Å². The smallest absolute Gasteiger partial charge is 0.266 e. The minimum Gasteiger partial charge on any atom is -0.361 e. The molecule has 2 aromatic heterocycles. The van der Waals surface area contributed by atoms with E-state index in [2.05, 4.69) is 4.98 Å². The van der Waals surface area contributed by atoms with E-state index in [4.69, 9.17) is 16.6 Å². The van der Waals surface area contributed by atoms with Gasteiger partial charge >= 0.3 is 0 Å². The third-order valence-electron chi connectivity index (χ3n) is 4.89. The Labute approximate surface area is 172 Å². The van der Waals surface area contributed by atoms with E-state index in [1.165, 1.54) is 0 Å². The van der Waals surface area contributed by atoms with Crippen LogP contribution in [0.2, 0.25) is 5.02 Å². The van der Waals surface area contributed by atoms with E-state index >= 15 is 0 Å². The second-order valence-corrected chi connectivity index (χ2v) is 7.17. The van der Waals surface area contributed by atoms with Crippen LogP contribution in [0.3, 0.4) is 0 Å². The van der Waals surface area contributed by atoms with E-state index < -0.39 is 0 Å². The zero-order valence-corrected chi connectivity index (χ0v) is 16.1. The van der Waals surface area contributed by atoms with Crippen molar-refractivity contribution in [3.05, 3.63) is 107 Å². The number of nitrogens with one attached hydrogen (secondary N) is 1. The first-order chi connectivity index (χ1) is 14.2. The lowest BCUT2D eigenvalue weighted by atomic mass is 10.1. The van der Waals surface area contributed by atoms with Gasteiger partial charge in [0.05, 0.1) is 16.6 Å². The summed E-state index contributed by atoms with van der Waals surface area (Å²) < 4.78 is 1.62. The summed E-state index contributed by atoms with van der Waals surface area (Å²) in [4.78, 5) is 21.4. The van der Waals surface area contributed by atoms with Gasteiger partial charge in [0.15, 0.2) is 0 Å². The van der Waals surface area contributed by atoms with E-state index in [9.17, 15) is 4.79 Å². The summed E-state index contributed by atoms with van der Waals surface area (Å²) in [6, 6.07) is 26.6. The van der Waals surface area contributed by atoms with Crippen molar-refractivity contribution >= 4 is 22.5 Å². The molecule has 2 heterocycles. The fourth-order valence-corrected chi connectivity index (χ4v) is 3.67. The van der Waals surface area contributed by atoms with Crippen molar-refractivity contribution in [2.45, 2.75) is 0 Å². The van der Waals surface area contributed by atoms with Gasteiger partial charge in [-0.1, -0.05) is 54.1 Å². The van der Waals surface area contributed by atoms with Crippen molar-refractivity contribution in [1.82, 2.24) is 14.5 Å². The largest absolute Gasteiger partial charge is 0.361 e. The van der Waals surface area contributed by atoms with E-state index in [-0.39, 0.29) is 5.56 Å². The Balaban J connectivity index is 1.76. The van der Waals surface area contributed by atoms with Crippen LogP contribution in [0.1, 0.15) is 0 Å². The van der Waals surface area contributed by atoms with E-state index in [1.807, 2.05) is 72.9 Å². The Morgan fingerprint density at radius 2 is 1.62 bits per heavy atom. The lowest BCUT2D eigenvalue weighted by Crippen LogP contribution is -2.21. The van der Waals surface area contributed by atoms with Crippen molar-refractivity contribution in [1.29, 1.82) is 0 Å². The fraction of sp³-hybridized carbons (Fsp3) is 0. The Morgan fingerprint density at radius 3 is 2.38 bits per heavy atom. The monoisotopic (exact) mass is 397 g/mol. The predicted octanol–water partition coefficient (Wildman–Crippen LogP) is 5.70. The summed E-state index contributed by atoms with van der Waals surface area (Å²) in [6.45, 7) is 0. The summed E-state index contributed by atoms with van der Waals surface area (Å²) in [6.07, 6.45) is 1.89. The first-order valence-electron chi connectivity index (χ1n) is 9.23. The molecule has 0 aliphatic carbocycles. The summed E-state index contributed by atoms with van der Waals surface area (Å²) in [5.74, 6) is 0.578. The molecule has 0 saturated heterocycles. The van der Waals surface area contributed by atoms with Gasteiger partial charge in [-0.15, -0.1) is 0 Å². The second kappa shape index (κ2) is 7.08. The van der Waals surface area contributed by atoms with Gasteiger partial charge in [-0.3, -0.25) is 9.36 Å². The van der Waals surface area contributed by atoms with Crippen LogP contribution >= 0.6 is 11.6 Å². The van der Waals surface area contributed by atoms with Gasteiger partial charge in [0, 0.05) is 22.5 Å². The van der Waals surface area contributed by atoms with Crippen LogP contribution in [0.4, 0.5) is 0 Å². The molecule has 0 atom stereocenters. The Kier molecular flexibility index (Phi) is 4.26. The average Bonchev–Trinajstić information content (AvgIpc) is 3.29. The maximum atomic E-state index is 13.4. The highest BCUT2D eigenvalue weighted by atomic mass is 35.5. The molecule has 4 nitrogen and oxygen atoms in total. The molecule has 0 aliphatic heterocycles. The highest BCUT2D eigenvalue weighted by molar-refractivity contribution is 6.30. The van der Waals surface area contributed by atoms with Crippen molar-refractivity contribution in [2.24, 2.45) is 0 Å². The second-order valence-electron chi connectivity index (χ2n) is 6.73. The average molecular weight is 398 g/mol. The number of benzene rings is 3. The van der Waals surface area contributed by atoms with Gasteiger partial charge < -0.3 is 4.98 Å². The minimum absolute atomic E-state index is 0.124. The van der Waals surface area contributed by atoms with E-state index in [0.29, 0.717) is 27.4 Å². The molecule has 0 saturated carbocycles. The standard InChI is InChI=1S/C24H16ClN3O/c25-18-5-3-6-19(15-18)28-23(27-22-8-2-1-7-20(22)24(28)29)17-12-10-16(11-13-17)21-9-4-14-26-21/h1-15,26H. The summed E-state index contributed by atoms with van der Waals surface area (Å²) in [7, 11) is 0. The topological polar surface area (TPSA) is 50.7 Å². The van der Waals surface area contributed by atoms with Crippen molar-refractivity contribution < 1.29 is 0 Å². The van der Waals surface area contributed by atoms with Gasteiger partial charge in [-0.05, 0) is 48.0 Å². The normalized spacial score (nSPS) is 11.1. The Morgan fingerprint density at radius 1 is 0.828 bits per heavy atom. The molecule has 0 aliphatic rings. The number of aromatic amines is 1. The number of rotatable bonds is 3. The van der Waals surface area contributed by atoms with Crippen LogP contribution in [-0.4, -0.2) is 14.5 Å². The van der Waals surface area contributed by atoms with Gasteiger partial charge in [0.25, 0.3) is 5.56 Å². The third kappa shape index (κ3) is 3.13. The van der Waals surface area contributed by atoms with Gasteiger partial charge in [0.2, 0.25) is 0 Å². The molecule has 3 aromatic carbocycles. The lowest BCUT2D eigenvalue weighted by Gasteiger charge is -2.14. The Hall–Kier alpha value is -3.63. The SMILES string of the molecule is O=c1c2ccccc2nc(-c2ccc(-c3ccc[nH]3)cc2)n1-c1cccc(Cl)c1. The van der Waals surface area contributed by atoms with Crippen LogP contribution < -0.4 is 5.56 Å². The van der Waals surface area contributed by atoms with Crippen molar-refractivity contribution in [3.8, 4) is 28.3 Å². The maximum absolute atomic E-state index is 13.4. The number of halogens is 1. The van der Waals surface area contributed by atoms with E-state index in [1.54, 1.807) is 22.8 Å². The summed E-state index contributed by atoms with van der Waals surface area (Å²) >= 11 is 6.20. The summed E-state index contributed by atoms with van der Waals surface area (Å²) in [5, 5.41) is 1.13. The molecule has 0 unspecified atom stereocenters. The number of hydrogen-bond donors (Lipinski definition) is 1. The molecule has 0 bridgehead atoms. The predicted molar refractivity (Wildman–Crippen MR) is 118 cm³/mol. The maximum Gasteiger partial charge on any atom is 0.266 e. The number of aromatic nitrogens is 3. The number of nitrogens with zero attached hydrogens (tertiary/aromatic N) is 2. The molecule has 140 valence electrons. The quantitative estimate of drug-likeness (QED) is 0.424. The van der Waals surface area contributed by atoms with E-state index in [0.717, 1.165) is 16.8 Å². The van der Waals surface area contributed by atoms with Crippen LogP contribution in [0.5, 0.6) is 0 Å². The third-order valence-corrected chi connectivity index (χ3v) is 5.13. The fourth-order valence-electron chi connectivity index (χ4n) is 3.49. The van der Waals surface area contributed by atoms with Crippen LogP contribution in [0.25, 0.3) is 39.2 Å². The molecule has 0 spiro atoms. The highest BCUT2D eigenvalue weighted by Crippen LogP contribution is 2.26. The first-order valence-corrected chi connectivity index (χ1v) is 9.60. The number of para-hydroxylation sites is 1. The lowest BCUT2D eigenvalue weighted by molar-refractivity contribution is 0.976. The molecule has 0 fully saturated rings.